The van der Waals surface area contributed by atoms with Crippen LogP contribution >= 0.6 is 0 Å². The zero-order chi connectivity index (χ0) is 15.4. The normalized spacial score (nSPS) is 18.4. The second-order valence-electron chi connectivity index (χ2n) is 4.97. The number of ether oxygens (including phenoxy) is 1. The summed E-state index contributed by atoms with van der Waals surface area (Å²) in [5.74, 6) is -0.0397. The molecule has 0 aromatic heterocycles. The number of nitrogens with zero attached hydrogens (tertiary/aromatic N) is 2. The molecule has 1 heterocycles. The minimum atomic E-state index is -0.546. The summed E-state index contributed by atoms with van der Waals surface area (Å²) in [5, 5.41) is 20.3. The van der Waals surface area contributed by atoms with E-state index in [9.17, 15) is 20.0 Å². The summed E-state index contributed by atoms with van der Waals surface area (Å²) in [6.07, 6.45) is 2.56. The summed E-state index contributed by atoms with van der Waals surface area (Å²) >= 11 is 0. The number of amides is 1. The number of hydrogen-bond acceptors (Lipinski definition) is 5. The predicted octanol–water partition coefficient (Wildman–Crippen LogP) is 1.59. The van der Waals surface area contributed by atoms with Crippen LogP contribution in [0.2, 0.25) is 0 Å². The van der Waals surface area contributed by atoms with E-state index in [1.165, 1.54) is 25.3 Å². The van der Waals surface area contributed by atoms with E-state index in [4.69, 9.17) is 4.74 Å². The van der Waals surface area contributed by atoms with Crippen molar-refractivity contribution in [2.45, 2.75) is 25.3 Å². The smallest absolute Gasteiger partial charge is 0.270 e. The first-order chi connectivity index (χ1) is 10.1. The van der Waals surface area contributed by atoms with E-state index < -0.39 is 4.92 Å². The van der Waals surface area contributed by atoms with Gasteiger partial charge in [0.15, 0.2) is 0 Å². The number of piperidine rings is 1. The van der Waals surface area contributed by atoms with Crippen molar-refractivity contribution in [2.75, 3.05) is 20.3 Å². The molecule has 1 saturated heterocycles. The van der Waals surface area contributed by atoms with E-state index in [1.807, 2.05) is 0 Å². The first-order valence-electron chi connectivity index (χ1n) is 6.82. The molecule has 0 radical (unpaired) electrons. The van der Waals surface area contributed by atoms with Gasteiger partial charge >= 0.3 is 0 Å². The first-order valence-corrected chi connectivity index (χ1v) is 6.82. The van der Waals surface area contributed by atoms with E-state index in [0.717, 1.165) is 19.3 Å². The van der Waals surface area contributed by atoms with Crippen LogP contribution in [0.15, 0.2) is 18.2 Å². The number of aliphatic hydroxyl groups excluding tert-OH is 1. The maximum absolute atomic E-state index is 12.6. The van der Waals surface area contributed by atoms with Crippen molar-refractivity contribution in [3.05, 3.63) is 33.9 Å². The summed E-state index contributed by atoms with van der Waals surface area (Å²) < 4.78 is 5.13. The molecule has 7 heteroatoms. The van der Waals surface area contributed by atoms with Crippen LogP contribution in [0.1, 0.15) is 29.6 Å². The van der Waals surface area contributed by atoms with Crippen LogP contribution in [0.5, 0.6) is 5.75 Å². The molecule has 7 nitrogen and oxygen atoms in total. The second kappa shape index (κ2) is 6.53. The van der Waals surface area contributed by atoms with Crippen molar-refractivity contribution in [2.24, 2.45) is 0 Å². The van der Waals surface area contributed by atoms with Crippen LogP contribution in [-0.2, 0) is 0 Å². The Balaban J connectivity index is 2.36. The number of aliphatic hydroxyl groups is 1. The van der Waals surface area contributed by atoms with Crippen molar-refractivity contribution in [1.29, 1.82) is 0 Å². The Hall–Kier alpha value is -2.15. The van der Waals surface area contributed by atoms with Crippen LogP contribution in [-0.4, -0.2) is 47.1 Å². The number of rotatable bonds is 4. The third-order valence-electron chi connectivity index (χ3n) is 3.72. The lowest BCUT2D eigenvalue weighted by molar-refractivity contribution is -0.384. The van der Waals surface area contributed by atoms with Crippen molar-refractivity contribution >= 4 is 11.6 Å². The molecule has 0 saturated carbocycles. The summed E-state index contributed by atoms with van der Waals surface area (Å²) in [7, 11) is 1.41. The maximum Gasteiger partial charge on any atom is 0.270 e. The van der Waals surface area contributed by atoms with Gasteiger partial charge in [-0.3, -0.25) is 14.9 Å². The highest BCUT2D eigenvalue weighted by molar-refractivity contribution is 5.97. The molecule has 1 aliphatic rings. The van der Waals surface area contributed by atoms with E-state index in [-0.39, 0.29) is 29.8 Å². The quantitative estimate of drug-likeness (QED) is 0.672. The van der Waals surface area contributed by atoms with Crippen molar-refractivity contribution in [3.63, 3.8) is 0 Å². The second-order valence-corrected chi connectivity index (χ2v) is 4.97. The third-order valence-corrected chi connectivity index (χ3v) is 3.72. The summed E-state index contributed by atoms with van der Waals surface area (Å²) in [4.78, 5) is 24.5. The molecule has 21 heavy (non-hydrogen) atoms. The molecule has 1 unspecified atom stereocenters. The fourth-order valence-corrected chi connectivity index (χ4v) is 2.59. The Morgan fingerprint density at radius 3 is 2.90 bits per heavy atom. The highest BCUT2D eigenvalue weighted by Crippen LogP contribution is 2.27. The minimum absolute atomic E-state index is 0.108. The zero-order valence-corrected chi connectivity index (χ0v) is 11.8. The van der Waals surface area contributed by atoms with Gasteiger partial charge in [0.05, 0.1) is 30.2 Å². The number of hydrogen-bond donors (Lipinski definition) is 1. The van der Waals surface area contributed by atoms with Gasteiger partial charge in [0, 0.05) is 18.7 Å². The van der Waals surface area contributed by atoms with Gasteiger partial charge in [0.2, 0.25) is 0 Å². The number of carbonyl (C=O) groups excluding carboxylic acids is 1. The third kappa shape index (κ3) is 3.13. The number of likely N-dealkylation sites (tertiary alicyclic amines) is 1. The molecule has 1 aromatic carbocycles. The standard InChI is InChI=1S/C14H18N2O5/c1-21-13-6-5-10(16(19)20)8-12(13)14(18)15-7-3-2-4-11(15)9-17/h5-6,8,11,17H,2-4,7,9H2,1H3. The molecule has 0 bridgehead atoms. The van der Waals surface area contributed by atoms with Crippen molar-refractivity contribution < 1.29 is 19.6 Å². The number of non-ortho nitro benzene ring substituents is 1. The molecule has 0 spiro atoms. The monoisotopic (exact) mass is 294 g/mol. The molecular formula is C14H18N2O5. The minimum Gasteiger partial charge on any atom is -0.496 e. The topological polar surface area (TPSA) is 92.9 Å². The van der Waals surface area contributed by atoms with Crippen LogP contribution in [0.25, 0.3) is 0 Å². The molecule has 1 atom stereocenters. The highest BCUT2D eigenvalue weighted by atomic mass is 16.6. The summed E-state index contributed by atoms with van der Waals surface area (Å²) in [5.41, 5.74) is 0.00348. The average Bonchev–Trinajstić information content (AvgIpc) is 2.53. The van der Waals surface area contributed by atoms with Gasteiger partial charge in [-0.05, 0) is 25.3 Å². The number of benzene rings is 1. The van der Waals surface area contributed by atoms with Gasteiger partial charge in [-0.2, -0.15) is 0 Å². The molecule has 114 valence electrons. The molecule has 1 aromatic rings. The van der Waals surface area contributed by atoms with Crippen LogP contribution in [0.4, 0.5) is 5.69 Å². The van der Waals surface area contributed by atoms with Gasteiger partial charge in [-0.15, -0.1) is 0 Å². The van der Waals surface area contributed by atoms with E-state index >= 15 is 0 Å². The Morgan fingerprint density at radius 2 is 2.29 bits per heavy atom. The molecular weight excluding hydrogens is 276 g/mol. The van der Waals surface area contributed by atoms with E-state index in [0.29, 0.717) is 12.3 Å². The van der Waals surface area contributed by atoms with Gasteiger partial charge in [0.1, 0.15) is 5.75 Å². The SMILES string of the molecule is COc1ccc([N+](=O)[O-])cc1C(=O)N1CCCCC1CO. The number of methoxy groups -OCH3 is 1. The molecule has 0 aliphatic carbocycles. The first kappa shape index (κ1) is 15.2. The van der Waals surface area contributed by atoms with Gasteiger partial charge < -0.3 is 14.7 Å². The van der Waals surface area contributed by atoms with E-state index in [1.54, 1.807) is 4.90 Å². The largest absolute Gasteiger partial charge is 0.496 e. The van der Waals surface area contributed by atoms with Crippen molar-refractivity contribution in [3.8, 4) is 5.75 Å². The van der Waals surface area contributed by atoms with Crippen LogP contribution < -0.4 is 4.74 Å². The lowest BCUT2D eigenvalue weighted by Crippen LogP contribution is -2.45. The highest BCUT2D eigenvalue weighted by Gasteiger charge is 2.29. The number of nitro groups is 1. The zero-order valence-electron chi connectivity index (χ0n) is 11.8. The van der Waals surface area contributed by atoms with Gasteiger partial charge in [0.25, 0.3) is 11.6 Å². The van der Waals surface area contributed by atoms with Gasteiger partial charge in [-0.25, -0.2) is 0 Å². The maximum atomic E-state index is 12.6. The Morgan fingerprint density at radius 1 is 1.52 bits per heavy atom. The number of carbonyl (C=O) groups is 1. The fraction of sp³-hybridized carbons (Fsp3) is 0.500. The van der Waals surface area contributed by atoms with Gasteiger partial charge in [-0.1, -0.05) is 0 Å². The fourth-order valence-electron chi connectivity index (χ4n) is 2.59. The van der Waals surface area contributed by atoms with E-state index in [2.05, 4.69) is 0 Å². The molecule has 1 fully saturated rings. The van der Waals surface area contributed by atoms with Crippen molar-refractivity contribution in [1.82, 2.24) is 4.90 Å². The predicted molar refractivity (Wildman–Crippen MR) is 75.4 cm³/mol. The Bertz CT molecular complexity index is 546. The number of nitro benzene ring substituents is 1. The van der Waals surface area contributed by atoms with Crippen LogP contribution in [0, 0.1) is 10.1 Å². The molecule has 1 amide bonds. The molecule has 1 N–H and O–H groups in total. The van der Waals surface area contributed by atoms with Crippen LogP contribution in [0.3, 0.4) is 0 Å². The molecule has 1 aliphatic heterocycles. The lowest BCUT2D eigenvalue weighted by Gasteiger charge is -2.34. The Kier molecular flexibility index (Phi) is 4.74. The summed E-state index contributed by atoms with van der Waals surface area (Å²) in [6, 6.07) is 3.71. The molecule has 2 rings (SSSR count). The lowest BCUT2D eigenvalue weighted by atomic mass is 10.0. The average molecular weight is 294 g/mol. The summed E-state index contributed by atoms with van der Waals surface area (Å²) in [6.45, 7) is 0.429. The Labute approximate surface area is 122 Å².